The first-order valence-corrected chi connectivity index (χ1v) is 13.3. The van der Waals surface area contributed by atoms with Gasteiger partial charge in [-0.05, 0) is 38.8 Å². The van der Waals surface area contributed by atoms with Crippen LogP contribution >= 0.6 is 15.9 Å². The monoisotopic (exact) mass is 413 g/mol. The van der Waals surface area contributed by atoms with Crippen molar-refractivity contribution in [1.82, 2.24) is 4.72 Å². The Kier molecular flexibility index (Phi) is 7.73. The average Bonchev–Trinajstić information content (AvgIpc) is 2.38. The van der Waals surface area contributed by atoms with Crippen LogP contribution in [-0.2, 0) is 17.4 Å². The molecule has 128 valence electrons. The Balaban J connectivity index is 2.89. The van der Waals surface area contributed by atoms with Gasteiger partial charge in [0, 0.05) is 16.9 Å². The fourth-order valence-corrected chi connectivity index (χ4v) is 3.75. The van der Waals surface area contributed by atoms with E-state index in [0.717, 1.165) is 10.9 Å². The van der Waals surface area contributed by atoms with Crippen LogP contribution in [0, 0.1) is 11.5 Å². The molecule has 0 fully saturated rings. The van der Waals surface area contributed by atoms with E-state index in [0.29, 0.717) is 6.42 Å². The van der Waals surface area contributed by atoms with Gasteiger partial charge in [-0.3, -0.25) is 0 Å². The van der Waals surface area contributed by atoms with Crippen molar-refractivity contribution in [2.45, 2.75) is 64.0 Å². The molecule has 0 aliphatic rings. The molecule has 1 N–H and O–H groups in total. The van der Waals surface area contributed by atoms with E-state index in [9.17, 15) is 4.21 Å². The van der Waals surface area contributed by atoms with Gasteiger partial charge in [-0.2, -0.15) is 0 Å². The largest absolute Gasteiger partial charge is 0.242 e. The predicted octanol–water partition coefficient (Wildman–Crippen LogP) is 4.68. The molecule has 0 heterocycles. The minimum atomic E-state index is -1.38. The van der Waals surface area contributed by atoms with Crippen LogP contribution in [0.3, 0.4) is 0 Å². The number of hydrogen-bond donors (Lipinski definition) is 1. The van der Waals surface area contributed by atoms with Crippen molar-refractivity contribution in [2.24, 2.45) is 0 Å². The summed E-state index contributed by atoms with van der Waals surface area (Å²) in [6.45, 7) is 12.7. The van der Waals surface area contributed by atoms with E-state index in [4.69, 9.17) is 0 Å². The molecule has 0 radical (unpaired) electrons. The summed E-state index contributed by atoms with van der Waals surface area (Å²) in [6, 6.07) is 8.27. The van der Waals surface area contributed by atoms with E-state index in [1.165, 1.54) is 5.56 Å². The highest BCUT2D eigenvalue weighted by Gasteiger charge is 2.23. The van der Waals surface area contributed by atoms with Gasteiger partial charge in [-0.25, -0.2) is 8.93 Å². The molecule has 0 amide bonds. The van der Waals surface area contributed by atoms with Crippen LogP contribution in [0.5, 0.6) is 0 Å². The van der Waals surface area contributed by atoms with Gasteiger partial charge in [0.2, 0.25) is 0 Å². The van der Waals surface area contributed by atoms with Gasteiger partial charge in [-0.1, -0.05) is 53.8 Å². The second kappa shape index (κ2) is 8.62. The third kappa shape index (κ3) is 8.30. The summed E-state index contributed by atoms with van der Waals surface area (Å²) in [4.78, 5) is 0. The third-order valence-corrected chi connectivity index (χ3v) is 6.43. The normalized spacial score (nSPS) is 14.7. The van der Waals surface area contributed by atoms with Crippen LogP contribution in [-0.4, -0.2) is 23.1 Å². The molecular weight excluding hydrogens is 386 g/mol. The van der Waals surface area contributed by atoms with E-state index in [1.807, 2.05) is 39.0 Å². The van der Waals surface area contributed by atoms with Crippen molar-refractivity contribution >= 4 is 35.0 Å². The number of hydrogen-bond acceptors (Lipinski definition) is 1. The van der Waals surface area contributed by atoms with Crippen LogP contribution in [0.2, 0.25) is 19.6 Å². The Morgan fingerprint density at radius 2 is 1.87 bits per heavy atom. The van der Waals surface area contributed by atoms with Crippen LogP contribution in [0.15, 0.2) is 28.7 Å². The molecule has 0 saturated carbocycles. The fraction of sp³-hybridized carbons (Fsp3) is 0.556. The van der Waals surface area contributed by atoms with Crippen molar-refractivity contribution in [3.8, 4) is 11.5 Å². The lowest BCUT2D eigenvalue weighted by molar-refractivity contribution is 0.586. The van der Waals surface area contributed by atoms with Gasteiger partial charge in [0.1, 0.15) is 8.07 Å². The predicted molar refractivity (Wildman–Crippen MR) is 108 cm³/mol. The molecule has 2 nitrogen and oxygen atoms in total. The maximum Gasteiger partial charge on any atom is 0.129 e. The number of nitrogens with one attached hydrogen (secondary N) is 1. The Bertz CT molecular complexity index is 608. The first-order chi connectivity index (χ1) is 10.5. The summed E-state index contributed by atoms with van der Waals surface area (Å²) in [5.74, 6) is 3.32. The molecule has 1 unspecified atom stereocenters. The smallest absolute Gasteiger partial charge is 0.129 e. The maximum absolute atomic E-state index is 12.5. The van der Waals surface area contributed by atoms with Gasteiger partial charge >= 0.3 is 0 Å². The van der Waals surface area contributed by atoms with E-state index >= 15 is 0 Å². The summed E-state index contributed by atoms with van der Waals surface area (Å²) in [5, 5.41) is 0. The highest BCUT2D eigenvalue weighted by molar-refractivity contribution is 9.10. The van der Waals surface area contributed by atoms with Crippen LogP contribution in [0.1, 0.15) is 32.8 Å². The minimum Gasteiger partial charge on any atom is -0.242 e. The van der Waals surface area contributed by atoms with E-state index in [-0.39, 0.29) is 10.8 Å². The van der Waals surface area contributed by atoms with Gasteiger partial charge in [0.15, 0.2) is 0 Å². The van der Waals surface area contributed by atoms with E-state index in [2.05, 4.69) is 57.8 Å². The molecule has 1 rings (SSSR count). The molecule has 0 saturated heterocycles. The Hall–Kier alpha value is -0.413. The SMILES string of the molecule is CC(C)(C)S(=O)N[C@H](CC#C[Si](C)(C)C)Cc1ccccc1Br. The van der Waals surface area contributed by atoms with Crippen molar-refractivity contribution in [2.75, 3.05) is 0 Å². The zero-order chi connectivity index (χ0) is 17.7. The van der Waals surface area contributed by atoms with Gasteiger partial charge < -0.3 is 0 Å². The summed E-state index contributed by atoms with van der Waals surface area (Å²) in [6.07, 6.45) is 1.52. The second-order valence-corrected chi connectivity index (χ2v) is 15.3. The molecule has 1 aromatic carbocycles. The molecule has 0 spiro atoms. The van der Waals surface area contributed by atoms with E-state index in [1.54, 1.807) is 0 Å². The fourth-order valence-electron chi connectivity index (χ4n) is 1.85. The maximum atomic E-state index is 12.5. The van der Waals surface area contributed by atoms with Crippen molar-refractivity contribution in [1.29, 1.82) is 0 Å². The molecule has 0 aliphatic heterocycles. The van der Waals surface area contributed by atoms with Crippen LogP contribution in [0.4, 0.5) is 0 Å². The Morgan fingerprint density at radius 1 is 1.26 bits per heavy atom. The Labute approximate surface area is 153 Å². The minimum absolute atomic E-state index is 0.0811. The first kappa shape index (κ1) is 20.6. The van der Waals surface area contributed by atoms with E-state index < -0.39 is 19.1 Å². The Morgan fingerprint density at radius 3 is 2.39 bits per heavy atom. The lowest BCUT2D eigenvalue weighted by atomic mass is 10.0. The molecule has 0 aliphatic carbocycles. The van der Waals surface area contributed by atoms with Gasteiger partial charge in [0.25, 0.3) is 0 Å². The quantitative estimate of drug-likeness (QED) is 0.550. The molecule has 0 bridgehead atoms. The van der Waals surface area contributed by atoms with Crippen LogP contribution in [0.25, 0.3) is 0 Å². The van der Waals surface area contributed by atoms with Crippen molar-refractivity contribution < 1.29 is 4.21 Å². The molecule has 2 atom stereocenters. The number of benzene rings is 1. The summed E-state index contributed by atoms with van der Waals surface area (Å²) < 4.78 is 16.6. The molecule has 5 heteroatoms. The topological polar surface area (TPSA) is 29.1 Å². The highest BCUT2D eigenvalue weighted by atomic mass is 79.9. The first-order valence-electron chi connectivity index (χ1n) is 7.90. The zero-order valence-electron chi connectivity index (χ0n) is 15.0. The lowest BCUT2D eigenvalue weighted by Crippen LogP contribution is -2.40. The average molecular weight is 414 g/mol. The summed E-state index contributed by atoms with van der Waals surface area (Å²) >= 11 is 3.60. The van der Waals surface area contributed by atoms with Gasteiger partial charge in [0.05, 0.1) is 15.7 Å². The molecular formula is C18H28BrNOSSi. The third-order valence-electron chi connectivity index (χ3n) is 3.07. The molecule has 0 aromatic heterocycles. The summed E-state index contributed by atoms with van der Waals surface area (Å²) in [5.41, 5.74) is 4.62. The van der Waals surface area contributed by atoms with Crippen molar-refractivity contribution in [3.63, 3.8) is 0 Å². The highest BCUT2D eigenvalue weighted by Crippen LogP contribution is 2.19. The standard InChI is InChI=1S/C18H28BrNOSSi/c1-18(2,3)22(21)20-16(11-9-13-23(4,5)6)14-15-10-7-8-12-17(15)19/h7-8,10,12,16,20H,11,14H2,1-6H3/t16-,22?/m1/s1. The zero-order valence-corrected chi connectivity index (χ0v) is 18.4. The molecule has 23 heavy (non-hydrogen) atoms. The van der Waals surface area contributed by atoms with Crippen LogP contribution < -0.4 is 4.72 Å². The van der Waals surface area contributed by atoms with Crippen molar-refractivity contribution in [3.05, 3.63) is 34.3 Å². The second-order valence-electron chi connectivity index (χ2n) is 7.75. The molecule has 1 aromatic rings. The summed E-state index contributed by atoms with van der Waals surface area (Å²) in [7, 11) is -2.47. The number of rotatable bonds is 5. The van der Waals surface area contributed by atoms with Gasteiger partial charge in [-0.15, -0.1) is 11.5 Å². The lowest BCUT2D eigenvalue weighted by Gasteiger charge is -2.23. The number of halogens is 1.